The van der Waals surface area contributed by atoms with E-state index in [2.05, 4.69) is 20.6 Å². The summed E-state index contributed by atoms with van der Waals surface area (Å²) < 4.78 is 5.28. The van der Waals surface area contributed by atoms with E-state index >= 15 is 0 Å². The monoisotopic (exact) mass is 328 g/mol. The van der Waals surface area contributed by atoms with Crippen LogP contribution < -0.4 is 10.6 Å². The van der Waals surface area contributed by atoms with Crippen LogP contribution in [0, 0.1) is 0 Å². The fourth-order valence-corrected chi connectivity index (χ4v) is 1.95. The van der Waals surface area contributed by atoms with Crippen molar-refractivity contribution in [1.29, 1.82) is 0 Å². The molecule has 7 heteroatoms. The molecule has 2 aromatic heterocycles. The van der Waals surface area contributed by atoms with E-state index in [1.54, 1.807) is 51.4 Å². The predicted octanol–water partition coefficient (Wildman–Crippen LogP) is 3.45. The number of amides is 2. The van der Waals surface area contributed by atoms with Crippen LogP contribution in [-0.4, -0.2) is 27.6 Å². The Morgan fingerprint density at radius 1 is 1.12 bits per heavy atom. The van der Waals surface area contributed by atoms with E-state index in [0.717, 1.165) is 0 Å². The van der Waals surface area contributed by atoms with Gasteiger partial charge in [0.1, 0.15) is 11.4 Å². The molecule has 0 atom stereocenters. The Kier molecular flexibility index (Phi) is 5.13. The lowest BCUT2D eigenvalue weighted by Crippen LogP contribution is -2.27. The third kappa shape index (κ3) is 5.05. The molecule has 126 valence electrons. The minimum absolute atomic E-state index is 0.253. The minimum atomic E-state index is -0.622. The summed E-state index contributed by atoms with van der Waals surface area (Å²) in [4.78, 5) is 31.7. The van der Waals surface area contributed by atoms with Gasteiger partial charge in [-0.15, -0.1) is 0 Å². The maximum atomic E-state index is 12.1. The Morgan fingerprint density at radius 2 is 1.88 bits per heavy atom. The first-order valence-electron chi connectivity index (χ1n) is 7.43. The Labute approximate surface area is 140 Å². The zero-order valence-corrected chi connectivity index (χ0v) is 14.1. The Bertz CT molecular complexity index is 739. The van der Waals surface area contributed by atoms with Gasteiger partial charge in [-0.1, -0.05) is 6.07 Å². The number of rotatable bonds is 3. The lowest BCUT2D eigenvalue weighted by molar-refractivity contribution is -0.114. The fourth-order valence-electron chi connectivity index (χ4n) is 1.95. The molecule has 0 unspecified atom stereocenters. The molecule has 2 N–H and O–H groups in total. The van der Waals surface area contributed by atoms with Gasteiger partial charge < -0.3 is 10.1 Å². The van der Waals surface area contributed by atoms with E-state index in [4.69, 9.17) is 4.74 Å². The topological polar surface area (TPSA) is 93.2 Å². The summed E-state index contributed by atoms with van der Waals surface area (Å²) in [6.07, 6.45) is 2.59. The molecule has 0 bridgehead atoms. The third-order valence-corrected chi connectivity index (χ3v) is 2.78. The molecular formula is C17H20N4O3. The largest absolute Gasteiger partial charge is 0.444 e. The van der Waals surface area contributed by atoms with Gasteiger partial charge in [-0.25, -0.2) is 9.78 Å². The van der Waals surface area contributed by atoms with Crippen LogP contribution in [-0.2, 0) is 9.53 Å². The molecular weight excluding hydrogens is 308 g/mol. The van der Waals surface area contributed by atoms with Crippen molar-refractivity contribution in [3.8, 4) is 11.3 Å². The molecule has 7 nitrogen and oxygen atoms in total. The molecule has 24 heavy (non-hydrogen) atoms. The Morgan fingerprint density at radius 3 is 2.46 bits per heavy atom. The first kappa shape index (κ1) is 17.4. The molecule has 0 aliphatic carbocycles. The first-order valence-corrected chi connectivity index (χ1v) is 7.43. The van der Waals surface area contributed by atoms with Crippen LogP contribution in [0.5, 0.6) is 0 Å². The first-order chi connectivity index (χ1) is 11.2. The van der Waals surface area contributed by atoms with Crippen molar-refractivity contribution >= 4 is 23.5 Å². The smallest absolute Gasteiger partial charge is 0.412 e. The molecule has 0 aromatic carbocycles. The number of anilines is 2. The van der Waals surface area contributed by atoms with Gasteiger partial charge in [-0.2, -0.15) is 0 Å². The molecule has 0 aliphatic heterocycles. The predicted molar refractivity (Wildman–Crippen MR) is 91.6 cm³/mol. The maximum absolute atomic E-state index is 12.1. The number of hydrogen-bond donors (Lipinski definition) is 2. The van der Waals surface area contributed by atoms with Crippen molar-refractivity contribution in [1.82, 2.24) is 9.97 Å². The highest BCUT2D eigenvalue weighted by atomic mass is 16.6. The summed E-state index contributed by atoms with van der Waals surface area (Å²) in [7, 11) is 0. The summed E-state index contributed by atoms with van der Waals surface area (Å²) in [5.74, 6) is 0.0737. The zero-order chi connectivity index (χ0) is 17.7. The molecule has 2 amide bonds. The molecule has 2 aromatic rings. The van der Waals surface area contributed by atoms with Gasteiger partial charge in [-0.05, 0) is 32.9 Å². The van der Waals surface area contributed by atoms with E-state index in [1.165, 1.54) is 6.92 Å². The fraction of sp³-hybridized carbons (Fsp3) is 0.294. The molecule has 0 saturated carbocycles. The number of nitrogens with one attached hydrogen (secondary N) is 2. The number of nitrogens with zero attached hydrogens (tertiary/aromatic N) is 2. The van der Waals surface area contributed by atoms with Crippen molar-refractivity contribution in [2.24, 2.45) is 0 Å². The summed E-state index contributed by atoms with van der Waals surface area (Å²) in [5.41, 5.74) is 1.09. The van der Waals surface area contributed by atoms with Gasteiger partial charge in [0.25, 0.3) is 0 Å². The lowest BCUT2D eigenvalue weighted by atomic mass is 10.1. The Hall–Kier alpha value is -2.96. The van der Waals surface area contributed by atoms with E-state index in [-0.39, 0.29) is 5.91 Å². The number of ether oxygens (including phenoxy) is 1. The molecule has 0 saturated heterocycles. The van der Waals surface area contributed by atoms with Gasteiger partial charge in [0.05, 0.1) is 11.4 Å². The molecule has 0 spiro atoms. The second-order valence-electron chi connectivity index (χ2n) is 6.14. The van der Waals surface area contributed by atoms with Gasteiger partial charge >= 0.3 is 6.09 Å². The highest BCUT2D eigenvalue weighted by Gasteiger charge is 2.18. The van der Waals surface area contributed by atoms with Crippen molar-refractivity contribution in [3.05, 3.63) is 36.7 Å². The minimum Gasteiger partial charge on any atom is -0.444 e. The molecule has 2 heterocycles. The van der Waals surface area contributed by atoms with Crippen LogP contribution in [0.4, 0.5) is 16.3 Å². The standard InChI is InChI=1S/C17H20N4O3/c1-11(22)20-15-9-14(21-16(23)24-17(2,3)4)12(10-19-15)13-7-5-6-8-18-13/h5-10H,1-4H3,(H2,19,20,21,22,23). The molecule has 0 fully saturated rings. The highest BCUT2D eigenvalue weighted by molar-refractivity contribution is 5.94. The highest BCUT2D eigenvalue weighted by Crippen LogP contribution is 2.28. The van der Waals surface area contributed by atoms with Crippen LogP contribution in [0.2, 0.25) is 0 Å². The number of carbonyl (C=O) groups is 2. The van der Waals surface area contributed by atoms with Gasteiger partial charge in [0.15, 0.2) is 0 Å². The molecule has 0 aliphatic rings. The number of carbonyl (C=O) groups excluding carboxylic acids is 2. The van der Waals surface area contributed by atoms with Crippen molar-refractivity contribution in [3.63, 3.8) is 0 Å². The summed E-state index contributed by atoms with van der Waals surface area (Å²) in [6.45, 7) is 6.72. The average molecular weight is 328 g/mol. The SMILES string of the molecule is CC(=O)Nc1cc(NC(=O)OC(C)(C)C)c(-c2ccccn2)cn1. The Balaban J connectivity index is 2.36. The quantitative estimate of drug-likeness (QED) is 0.900. The zero-order valence-electron chi connectivity index (χ0n) is 14.1. The molecule has 2 rings (SSSR count). The van der Waals surface area contributed by atoms with E-state index < -0.39 is 11.7 Å². The second kappa shape index (κ2) is 7.08. The normalized spacial score (nSPS) is 10.8. The van der Waals surface area contributed by atoms with Gasteiger partial charge in [0, 0.05) is 30.9 Å². The maximum Gasteiger partial charge on any atom is 0.412 e. The van der Waals surface area contributed by atoms with Crippen LogP contribution >= 0.6 is 0 Å². The average Bonchev–Trinajstić information content (AvgIpc) is 2.45. The van der Waals surface area contributed by atoms with Crippen molar-refractivity contribution < 1.29 is 14.3 Å². The van der Waals surface area contributed by atoms with Gasteiger partial charge in [0.2, 0.25) is 5.91 Å². The summed E-state index contributed by atoms with van der Waals surface area (Å²) in [6, 6.07) is 7.00. The van der Waals surface area contributed by atoms with Crippen molar-refractivity contribution in [2.75, 3.05) is 10.6 Å². The number of aromatic nitrogens is 2. The summed E-state index contributed by atoms with van der Waals surface area (Å²) >= 11 is 0. The van der Waals surface area contributed by atoms with Crippen LogP contribution in [0.15, 0.2) is 36.7 Å². The van der Waals surface area contributed by atoms with Crippen LogP contribution in [0.25, 0.3) is 11.3 Å². The second-order valence-corrected chi connectivity index (χ2v) is 6.14. The van der Waals surface area contributed by atoms with Crippen LogP contribution in [0.3, 0.4) is 0 Å². The summed E-state index contributed by atoms with van der Waals surface area (Å²) in [5, 5.41) is 5.27. The van der Waals surface area contributed by atoms with E-state index in [9.17, 15) is 9.59 Å². The third-order valence-electron chi connectivity index (χ3n) is 2.78. The van der Waals surface area contributed by atoms with Gasteiger partial charge in [-0.3, -0.25) is 15.1 Å². The van der Waals surface area contributed by atoms with E-state index in [0.29, 0.717) is 22.8 Å². The van der Waals surface area contributed by atoms with Crippen LogP contribution in [0.1, 0.15) is 27.7 Å². The molecule has 0 radical (unpaired) electrons. The lowest BCUT2D eigenvalue weighted by Gasteiger charge is -2.20. The van der Waals surface area contributed by atoms with E-state index in [1.807, 2.05) is 6.07 Å². The number of pyridine rings is 2. The van der Waals surface area contributed by atoms with Crippen molar-refractivity contribution in [2.45, 2.75) is 33.3 Å². The number of hydrogen-bond acceptors (Lipinski definition) is 5.